The molecule has 0 N–H and O–H groups in total. The number of benzene rings is 2. The van der Waals surface area contributed by atoms with Crippen LogP contribution in [0.25, 0.3) is 0 Å². The molecule has 0 radical (unpaired) electrons. The van der Waals surface area contributed by atoms with Gasteiger partial charge in [0, 0.05) is 18.5 Å². The van der Waals surface area contributed by atoms with Gasteiger partial charge in [0.1, 0.15) is 0 Å². The van der Waals surface area contributed by atoms with Crippen molar-refractivity contribution in [2.24, 2.45) is 0 Å². The van der Waals surface area contributed by atoms with Crippen molar-refractivity contribution < 1.29 is 4.79 Å². The van der Waals surface area contributed by atoms with E-state index in [1.54, 1.807) is 0 Å². The van der Waals surface area contributed by atoms with Gasteiger partial charge in [0.15, 0.2) is 5.78 Å². The van der Waals surface area contributed by atoms with E-state index in [4.69, 9.17) is 0 Å². The van der Waals surface area contributed by atoms with E-state index in [1.165, 1.54) is 11.1 Å². The van der Waals surface area contributed by atoms with Crippen molar-refractivity contribution in [2.75, 3.05) is 19.6 Å². The number of hydrogen-bond donors (Lipinski definition) is 0. The average Bonchev–Trinajstić information content (AvgIpc) is 2.64. The Kier molecular flexibility index (Phi) is 7.70. The highest BCUT2D eigenvalue weighted by Gasteiger charge is 2.08. The van der Waals surface area contributed by atoms with Gasteiger partial charge in [0.25, 0.3) is 0 Å². The molecule has 2 nitrogen and oxygen atoms in total. The minimum absolute atomic E-state index is 0.247. The maximum absolute atomic E-state index is 12.2. The van der Waals surface area contributed by atoms with Crippen molar-refractivity contribution in [3.63, 3.8) is 0 Å². The molecule has 2 rings (SSSR count). The Labute approximate surface area is 146 Å². The van der Waals surface area contributed by atoms with Crippen molar-refractivity contribution in [3.8, 4) is 0 Å². The predicted octanol–water partition coefficient (Wildman–Crippen LogP) is 4.78. The number of carbonyl (C=O) groups is 1. The van der Waals surface area contributed by atoms with Crippen molar-refractivity contribution in [2.45, 2.75) is 39.5 Å². The number of nitrogens with zero attached hydrogens (tertiary/aromatic N) is 1. The fraction of sp³-hybridized carbons (Fsp3) is 0.409. The lowest BCUT2D eigenvalue weighted by Crippen LogP contribution is -2.25. The second-order valence-corrected chi connectivity index (χ2v) is 6.19. The van der Waals surface area contributed by atoms with Crippen LogP contribution in [0, 0.1) is 0 Å². The molecule has 0 aliphatic carbocycles. The first kappa shape index (κ1) is 18.4. The summed E-state index contributed by atoms with van der Waals surface area (Å²) in [5.74, 6) is 0.247. The highest BCUT2D eigenvalue weighted by Crippen LogP contribution is 2.15. The molecule has 0 saturated heterocycles. The van der Waals surface area contributed by atoms with Crippen LogP contribution in [0.3, 0.4) is 0 Å². The van der Waals surface area contributed by atoms with Gasteiger partial charge < -0.3 is 4.90 Å². The monoisotopic (exact) mass is 323 g/mol. The molecule has 0 bridgehead atoms. The van der Waals surface area contributed by atoms with Crippen LogP contribution in [0.2, 0.25) is 0 Å². The van der Waals surface area contributed by atoms with Crippen LogP contribution in [0.15, 0.2) is 54.6 Å². The molecule has 0 unspecified atom stereocenters. The quantitative estimate of drug-likeness (QED) is 0.587. The zero-order valence-corrected chi connectivity index (χ0v) is 15.0. The van der Waals surface area contributed by atoms with Crippen molar-refractivity contribution in [1.82, 2.24) is 4.90 Å². The Morgan fingerprint density at radius 3 is 2.04 bits per heavy atom. The normalized spacial score (nSPS) is 11.0. The van der Waals surface area contributed by atoms with Crippen LogP contribution < -0.4 is 0 Å². The van der Waals surface area contributed by atoms with E-state index in [0.717, 1.165) is 44.5 Å². The van der Waals surface area contributed by atoms with E-state index in [2.05, 4.69) is 43.0 Å². The lowest BCUT2D eigenvalue weighted by atomic mass is 9.97. The van der Waals surface area contributed by atoms with Crippen molar-refractivity contribution in [3.05, 3.63) is 71.3 Å². The van der Waals surface area contributed by atoms with Gasteiger partial charge >= 0.3 is 0 Å². The summed E-state index contributed by atoms with van der Waals surface area (Å²) in [4.78, 5) is 14.7. The zero-order valence-electron chi connectivity index (χ0n) is 15.0. The lowest BCUT2D eigenvalue weighted by Gasteiger charge is -2.19. The molecule has 0 aromatic heterocycles. The highest BCUT2D eigenvalue weighted by atomic mass is 16.1. The number of likely N-dealkylation sites (N-methyl/N-ethyl adjacent to an activating group) is 1. The fourth-order valence-electron chi connectivity index (χ4n) is 3.07. The first-order valence-corrected chi connectivity index (χ1v) is 9.12. The third-order valence-electron chi connectivity index (χ3n) is 4.66. The Morgan fingerprint density at radius 2 is 1.42 bits per heavy atom. The summed E-state index contributed by atoms with van der Waals surface area (Å²) >= 11 is 0. The number of ketones is 1. The molecular weight excluding hydrogens is 294 g/mol. The maximum Gasteiger partial charge on any atom is 0.162 e. The summed E-state index contributed by atoms with van der Waals surface area (Å²) in [7, 11) is 0. The Balaban J connectivity index is 1.87. The number of hydrogen-bond acceptors (Lipinski definition) is 2. The van der Waals surface area contributed by atoms with E-state index in [9.17, 15) is 4.79 Å². The van der Waals surface area contributed by atoms with Gasteiger partial charge in [-0.2, -0.15) is 0 Å². The molecule has 2 aromatic carbocycles. The topological polar surface area (TPSA) is 20.3 Å². The van der Waals surface area contributed by atoms with Crippen LogP contribution in [0.5, 0.6) is 0 Å². The summed E-state index contributed by atoms with van der Waals surface area (Å²) in [6, 6.07) is 18.3. The number of aryl methyl sites for hydroxylation is 1. The van der Waals surface area contributed by atoms with Crippen molar-refractivity contribution >= 4 is 5.78 Å². The minimum atomic E-state index is 0.247. The first-order chi connectivity index (χ1) is 11.7. The van der Waals surface area contributed by atoms with Gasteiger partial charge in [-0.05, 0) is 43.5 Å². The Bertz CT molecular complexity index is 617. The molecular formula is C22H29NO. The molecule has 0 heterocycles. The van der Waals surface area contributed by atoms with Gasteiger partial charge in [-0.1, -0.05) is 68.4 Å². The summed E-state index contributed by atoms with van der Waals surface area (Å²) < 4.78 is 0. The summed E-state index contributed by atoms with van der Waals surface area (Å²) in [6.45, 7) is 7.73. The minimum Gasteiger partial charge on any atom is -0.304 e. The van der Waals surface area contributed by atoms with Gasteiger partial charge in [-0.25, -0.2) is 0 Å². The molecule has 0 saturated carbocycles. The van der Waals surface area contributed by atoms with E-state index >= 15 is 0 Å². The molecule has 0 spiro atoms. The lowest BCUT2D eigenvalue weighted by molar-refractivity contribution is 0.0980. The van der Waals surface area contributed by atoms with E-state index in [0.29, 0.717) is 6.42 Å². The summed E-state index contributed by atoms with van der Waals surface area (Å²) in [6.07, 6.45) is 3.60. The predicted molar refractivity (Wildman–Crippen MR) is 102 cm³/mol. The molecule has 2 aromatic rings. The number of Topliss-reactive ketones (excluding diaryl/α,β-unsaturated/α-hetero) is 1. The Morgan fingerprint density at radius 1 is 0.833 bits per heavy atom. The van der Waals surface area contributed by atoms with Crippen LogP contribution in [-0.4, -0.2) is 30.3 Å². The maximum atomic E-state index is 12.2. The van der Waals surface area contributed by atoms with Gasteiger partial charge in [-0.3, -0.25) is 4.79 Å². The van der Waals surface area contributed by atoms with Gasteiger partial charge in [0.2, 0.25) is 0 Å². The van der Waals surface area contributed by atoms with Crippen LogP contribution in [0.4, 0.5) is 0 Å². The standard InChI is InChI=1S/C22H29NO/c1-3-23(4-2)18-17-20-12-9-8-11-19(20)15-10-16-22(24)21-13-6-5-7-14-21/h5-9,11-14H,3-4,10,15-18H2,1-2H3. The van der Waals surface area contributed by atoms with Crippen LogP contribution in [-0.2, 0) is 12.8 Å². The number of rotatable bonds is 10. The SMILES string of the molecule is CCN(CC)CCc1ccccc1CCCC(=O)c1ccccc1. The van der Waals surface area contributed by atoms with Gasteiger partial charge in [-0.15, -0.1) is 0 Å². The summed E-state index contributed by atoms with van der Waals surface area (Å²) in [5, 5.41) is 0. The van der Waals surface area contributed by atoms with E-state index < -0.39 is 0 Å². The van der Waals surface area contributed by atoms with Crippen molar-refractivity contribution in [1.29, 1.82) is 0 Å². The molecule has 0 fully saturated rings. The molecule has 24 heavy (non-hydrogen) atoms. The largest absolute Gasteiger partial charge is 0.304 e. The third kappa shape index (κ3) is 5.61. The number of carbonyl (C=O) groups excluding carboxylic acids is 1. The van der Waals surface area contributed by atoms with E-state index in [1.807, 2.05) is 30.3 Å². The molecule has 128 valence electrons. The molecule has 0 amide bonds. The van der Waals surface area contributed by atoms with E-state index in [-0.39, 0.29) is 5.78 Å². The zero-order chi connectivity index (χ0) is 17.2. The second-order valence-electron chi connectivity index (χ2n) is 6.19. The van der Waals surface area contributed by atoms with Crippen LogP contribution in [0.1, 0.15) is 48.2 Å². The van der Waals surface area contributed by atoms with Crippen LogP contribution >= 0.6 is 0 Å². The third-order valence-corrected chi connectivity index (χ3v) is 4.66. The Hall–Kier alpha value is -1.93. The molecule has 2 heteroatoms. The smallest absolute Gasteiger partial charge is 0.162 e. The second kappa shape index (κ2) is 10.0. The fourth-order valence-corrected chi connectivity index (χ4v) is 3.07. The highest BCUT2D eigenvalue weighted by molar-refractivity contribution is 5.95. The molecule has 0 aliphatic rings. The van der Waals surface area contributed by atoms with Gasteiger partial charge in [0.05, 0.1) is 0 Å². The summed E-state index contributed by atoms with van der Waals surface area (Å²) in [5.41, 5.74) is 3.65. The first-order valence-electron chi connectivity index (χ1n) is 9.12. The average molecular weight is 323 g/mol. The molecule has 0 atom stereocenters. The molecule has 0 aliphatic heterocycles.